The van der Waals surface area contributed by atoms with Gasteiger partial charge in [0.05, 0.1) is 5.39 Å². The number of hydrogen-bond acceptors (Lipinski definition) is 5. The lowest BCUT2D eigenvalue weighted by Crippen LogP contribution is -2.19. The SMILES string of the molecule is CN(C)c1ccc(CNCCCNc2n[nH]c(=O)c3ccccc23)c2ccccc12. The molecule has 0 saturated heterocycles. The van der Waals surface area contributed by atoms with E-state index in [1.807, 2.05) is 24.3 Å². The molecule has 0 saturated carbocycles. The van der Waals surface area contributed by atoms with Crippen molar-refractivity contribution >= 4 is 33.1 Å². The third-order valence-electron chi connectivity index (χ3n) is 5.31. The summed E-state index contributed by atoms with van der Waals surface area (Å²) < 4.78 is 0. The summed E-state index contributed by atoms with van der Waals surface area (Å²) in [5, 5.41) is 17.7. The predicted molar refractivity (Wildman–Crippen MR) is 125 cm³/mol. The summed E-state index contributed by atoms with van der Waals surface area (Å²) in [7, 11) is 4.15. The molecular formula is C24H27N5O. The number of hydrogen-bond donors (Lipinski definition) is 3. The van der Waals surface area contributed by atoms with E-state index < -0.39 is 0 Å². The average Bonchev–Trinajstić information content (AvgIpc) is 2.77. The second-order valence-corrected chi connectivity index (χ2v) is 7.59. The Balaban J connectivity index is 1.33. The minimum Gasteiger partial charge on any atom is -0.377 e. The predicted octanol–water partition coefficient (Wildman–Crippen LogP) is 3.73. The molecule has 30 heavy (non-hydrogen) atoms. The number of anilines is 2. The van der Waals surface area contributed by atoms with Gasteiger partial charge in [0, 0.05) is 43.6 Å². The van der Waals surface area contributed by atoms with E-state index in [0.717, 1.165) is 37.3 Å². The van der Waals surface area contributed by atoms with Crippen molar-refractivity contribution in [2.75, 3.05) is 37.4 Å². The number of fused-ring (bicyclic) bond motifs is 2. The lowest BCUT2D eigenvalue weighted by Gasteiger charge is -2.18. The Morgan fingerprint density at radius 3 is 2.33 bits per heavy atom. The van der Waals surface area contributed by atoms with Gasteiger partial charge in [-0.15, -0.1) is 0 Å². The third-order valence-corrected chi connectivity index (χ3v) is 5.31. The molecule has 6 nitrogen and oxygen atoms in total. The van der Waals surface area contributed by atoms with Crippen LogP contribution in [0.1, 0.15) is 12.0 Å². The van der Waals surface area contributed by atoms with Gasteiger partial charge in [-0.2, -0.15) is 5.10 Å². The van der Waals surface area contributed by atoms with Crippen LogP contribution in [0.2, 0.25) is 0 Å². The maximum absolute atomic E-state index is 11.9. The van der Waals surface area contributed by atoms with Crippen molar-refractivity contribution in [3.8, 4) is 0 Å². The number of aromatic amines is 1. The Kier molecular flexibility index (Phi) is 5.95. The molecule has 6 heteroatoms. The van der Waals surface area contributed by atoms with Crippen molar-refractivity contribution in [1.29, 1.82) is 0 Å². The molecule has 0 aliphatic rings. The lowest BCUT2D eigenvalue weighted by atomic mass is 10.0. The fourth-order valence-corrected chi connectivity index (χ4v) is 3.78. The molecular weight excluding hydrogens is 374 g/mol. The number of nitrogens with zero attached hydrogens (tertiary/aromatic N) is 2. The standard InChI is InChI=1S/C24H27N5O/c1-29(2)22-13-12-17(18-8-3-4-9-19(18)22)16-25-14-7-15-26-23-20-10-5-6-11-21(20)24(30)28-27-23/h3-6,8-13,25H,7,14-16H2,1-2H3,(H,26,27)(H,28,30). The van der Waals surface area contributed by atoms with Gasteiger partial charge >= 0.3 is 0 Å². The first-order valence-corrected chi connectivity index (χ1v) is 10.2. The molecule has 4 aromatic rings. The Morgan fingerprint density at radius 1 is 0.867 bits per heavy atom. The summed E-state index contributed by atoms with van der Waals surface area (Å²) >= 11 is 0. The fraction of sp³-hybridized carbons (Fsp3) is 0.250. The summed E-state index contributed by atoms with van der Waals surface area (Å²) in [6.45, 7) is 2.49. The number of nitrogens with one attached hydrogen (secondary N) is 3. The first-order valence-electron chi connectivity index (χ1n) is 10.2. The van der Waals surface area contributed by atoms with E-state index in [0.29, 0.717) is 5.39 Å². The van der Waals surface area contributed by atoms with Crippen LogP contribution in [0, 0.1) is 0 Å². The van der Waals surface area contributed by atoms with E-state index in [1.165, 1.54) is 22.0 Å². The zero-order valence-corrected chi connectivity index (χ0v) is 17.4. The summed E-state index contributed by atoms with van der Waals surface area (Å²) in [6.07, 6.45) is 0.947. The average molecular weight is 402 g/mol. The first kappa shape index (κ1) is 19.9. The number of rotatable bonds is 8. The molecule has 4 rings (SSSR count). The van der Waals surface area contributed by atoms with Crippen molar-refractivity contribution < 1.29 is 0 Å². The van der Waals surface area contributed by atoms with Crippen LogP contribution in [0.5, 0.6) is 0 Å². The summed E-state index contributed by atoms with van der Waals surface area (Å²) in [4.78, 5) is 14.0. The highest BCUT2D eigenvalue weighted by Crippen LogP contribution is 2.28. The molecule has 3 aromatic carbocycles. The molecule has 0 spiro atoms. The molecule has 0 unspecified atom stereocenters. The van der Waals surface area contributed by atoms with Crippen molar-refractivity contribution in [2.24, 2.45) is 0 Å². The van der Waals surface area contributed by atoms with Gasteiger partial charge in [0.1, 0.15) is 0 Å². The fourth-order valence-electron chi connectivity index (χ4n) is 3.78. The largest absolute Gasteiger partial charge is 0.377 e. The quantitative estimate of drug-likeness (QED) is 0.392. The van der Waals surface area contributed by atoms with Crippen molar-refractivity contribution in [2.45, 2.75) is 13.0 Å². The van der Waals surface area contributed by atoms with Crippen LogP contribution in [0.25, 0.3) is 21.5 Å². The lowest BCUT2D eigenvalue weighted by molar-refractivity contribution is 0.665. The normalized spacial score (nSPS) is 11.1. The van der Waals surface area contributed by atoms with Crippen molar-refractivity contribution in [3.63, 3.8) is 0 Å². The minimum absolute atomic E-state index is 0.162. The molecule has 1 aromatic heterocycles. The third kappa shape index (κ3) is 4.14. The topological polar surface area (TPSA) is 73.0 Å². The monoisotopic (exact) mass is 401 g/mol. The number of aromatic nitrogens is 2. The van der Waals surface area contributed by atoms with E-state index in [1.54, 1.807) is 0 Å². The van der Waals surface area contributed by atoms with Crippen LogP contribution < -0.4 is 21.1 Å². The van der Waals surface area contributed by atoms with Gasteiger partial charge < -0.3 is 15.5 Å². The highest BCUT2D eigenvalue weighted by molar-refractivity contribution is 5.96. The van der Waals surface area contributed by atoms with Crippen LogP contribution in [0.3, 0.4) is 0 Å². The Morgan fingerprint density at radius 2 is 1.57 bits per heavy atom. The van der Waals surface area contributed by atoms with E-state index in [9.17, 15) is 4.79 Å². The van der Waals surface area contributed by atoms with E-state index in [4.69, 9.17) is 0 Å². The van der Waals surface area contributed by atoms with Crippen molar-refractivity contribution in [3.05, 3.63) is 76.6 Å². The van der Waals surface area contributed by atoms with Gasteiger partial charge in [0.15, 0.2) is 5.82 Å². The molecule has 0 bridgehead atoms. The van der Waals surface area contributed by atoms with Gasteiger partial charge in [-0.05, 0) is 36.0 Å². The van der Waals surface area contributed by atoms with Gasteiger partial charge in [-0.25, -0.2) is 5.10 Å². The Labute approximate surface area is 175 Å². The van der Waals surface area contributed by atoms with Crippen LogP contribution >= 0.6 is 0 Å². The molecule has 0 amide bonds. The van der Waals surface area contributed by atoms with Crippen LogP contribution in [0.15, 0.2) is 65.5 Å². The van der Waals surface area contributed by atoms with Crippen molar-refractivity contribution in [1.82, 2.24) is 15.5 Å². The zero-order chi connectivity index (χ0) is 20.9. The smallest absolute Gasteiger partial charge is 0.272 e. The second kappa shape index (κ2) is 8.97. The maximum Gasteiger partial charge on any atom is 0.272 e. The van der Waals surface area contributed by atoms with E-state index >= 15 is 0 Å². The molecule has 0 aliphatic carbocycles. The Bertz CT molecular complexity index is 1220. The van der Waals surface area contributed by atoms with Gasteiger partial charge in [-0.1, -0.05) is 48.5 Å². The first-order chi connectivity index (χ1) is 14.6. The van der Waals surface area contributed by atoms with Gasteiger partial charge in [-0.3, -0.25) is 4.79 Å². The van der Waals surface area contributed by atoms with E-state index in [2.05, 4.69) is 76.2 Å². The van der Waals surface area contributed by atoms with Gasteiger partial charge in [0.25, 0.3) is 5.56 Å². The molecule has 154 valence electrons. The summed E-state index contributed by atoms with van der Waals surface area (Å²) in [5.41, 5.74) is 2.38. The van der Waals surface area contributed by atoms with Crippen LogP contribution in [0.4, 0.5) is 11.5 Å². The molecule has 0 fully saturated rings. The summed E-state index contributed by atoms with van der Waals surface area (Å²) in [5.74, 6) is 0.718. The Hall–Kier alpha value is -3.38. The molecule has 0 radical (unpaired) electrons. The summed E-state index contributed by atoms with van der Waals surface area (Å²) in [6, 6.07) is 20.5. The molecule has 1 heterocycles. The number of benzene rings is 3. The maximum atomic E-state index is 11.9. The number of H-pyrrole nitrogens is 1. The van der Waals surface area contributed by atoms with Crippen LogP contribution in [-0.2, 0) is 6.54 Å². The zero-order valence-electron chi connectivity index (χ0n) is 17.4. The van der Waals surface area contributed by atoms with Gasteiger partial charge in [0.2, 0.25) is 0 Å². The van der Waals surface area contributed by atoms with E-state index in [-0.39, 0.29) is 5.56 Å². The molecule has 0 aliphatic heterocycles. The van der Waals surface area contributed by atoms with Crippen LogP contribution in [-0.4, -0.2) is 37.4 Å². The minimum atomic E-state index is -0.162. The molecule has 3 N–H and O–H groups in total. The molecule has 0 atom stereocenters. The second-order valence-electron chi connectivity index (χ2n) is 7.59. The highest BCUT2D eigenvalue weighted by atomic mass is 16.1. The highest BCUT2D eigenvalue weighted by Gasteiger charge is 2.07.